The van der Waals surface area contributed by atoms with Crippen molar-refractivity contribution in [3.8, 4) is 17.2 Å². The molecule has 180 valence electrons. The minimum absolute atomic E-state index is 0.0434. The molecule has 0 saturated heterocycles. The summed E-state index contributed by atoms with van der Waals surface area (Å²) in [5.41, 5.74) is 0.108. The van der Waals surface area contributed by atoms with Gasteiger partial charge in [0.25, 0.3) is 0 Å². The van der Waals surface area contributed by atoms with Crippen molar-refractivity contribution in [3.63, 3.8) is 0 Å². The van der Waals surface area contributed by atoms with E-state index in [1.165, 1.54) is 28.4 Å². The van der Waals surface area contributed by atoms with E-state index in [2.05, 4.69) is 0 Å². The molecule has 0 unspecified atom stereocenters. The predicted molar refractivity (Wildman–Crippen MR) is 125 cm³/mol. The molecular weight excluding hydrogens is 473 g/mol. The number of carbonyl (C=O) groups is 2. The number of hydrogen-bond acceptors (Lipinski definition) is 6. The molecular formula is C23H27Cl2NO7. The van der Waals surface area contributed by atoms with Gasteiger partial charge in [-0.15, -0.1) is 0 Å². The van der Waals surface area contributed by atoms with Gasteiger partial charge in [-0.25, -0.2) is 4.79 Å². The van der Waals surface area contributed by atoms with E-state index in [0.717, 1.165) is 16.7 Å². The predicted octanol–water partition coefficient (Wildman–Crippen LogP) is 5.02. The first-order chi connectivity index (χ1) is 15.7. The zero-order chi connectivity index (χ0) is 24.6. The fourth-order valence-corrected chi connectivity index (χ4v) is 3.88. The topological polar surface area (TPSA) is 94.5 Å². The van der Waals surface area contributed by atoms with Crippen LogP contribution < -0.4 is 14.2 Å². The lowest BCUT2D eigenvalue weighted by atomic mass is 9.84. The molecule has 0 aliphatic carbocycles. The standard InChI is InChI=1S/C23H27Cl2NO7/c1-26(22(28)29)23(8-5-9-27,16-6-7-17(24)18(25)12-16)14-33-13-15-10-19(30-2)21(32-4)20(11-15)31-3/h6-7,9-12H,5,8,13-14H2,1-4H3,(H,28,29)/t23-/m1/s1. The van der Waals surface area contributed by atoms with Gasteiger partial charge in [0.05, 0.1) is 50.1 Å². The van der Waals surface area contributed by atoms with Crippen molar-refractivity contribution in [2.75, 3.05) is 35.0 Å². The quantitative estimate of drug-likeness (QED) is 0.409. The fraction of sp³-hybridized carbons (Fsp3) is 0.391. The van der Waals surface area contributed by atoms with Gasteiger partial charge in [-0.2, -0.15) is 0 Å². The van der Waals surface area contributed by atoms with E-state index < -0.39 is 11.6 Å². The number of likely N-dealkylation sites (N-methyl/N-ethyl adjacent to an activating group) is 1. The lowest BCUT2D eigenvalue weighted by Crippen LogP contribution is -2.50. The number of halogens is 2. The highest BCUT2D eigenvalue weighted by molar-refractivity contribution is 6.42. The summed E-state index contributed by atoms with van der Waals surface area (Å²) in [6.07, 6.45) is -0.137. The van der Waals surface area contributed by atoms with Crippen LogP contribution in [0.5, 0.6) is 17.2 Å². The molecule has 0 aromatic heterocycles. The van der Waals surface area contributed by atoms with Gasteiger partial charge in [0, 0.05) is 13.5 Å². The number of methoxy groups -OCH3 is 3. The zero-order valence-corrected chi connectivity index (χ0v) is 20.4. The highest BCUT2D eigenvalue weighted by Gasteiger charge is 2.40. The number of rotatable bonds is 12. The van der Waals surface area contributed by atoms with E-state index in [-0.39, 0.29) is 31.1 Å². The Morgan fingerprint density at radius 3 is 2.18 bits per heavy atom. The smallest absolute Gasteiger partial charge is 0.407 e. The molecule has 2 aromatic rings. The molecule has 1 N–H and O–H groups in total. The molecule has 1 atom stereocenters. The van der Waals surface area contributed by atoms with Crippen molar-refractivity contribution >= 4 is 35.6 Å². The first-order valence-electron chi connectivity index (χ1n) is 9.96. The maximum absolute atomic E-state index is 12.0. The molecule has 1 amide bonds. The van der Waals surface area contributed by atoms with E-state index in [1.807, 2.05) is 0 Å². The molecule has 0 aliphatic rings. The minimum Gasteiger partial charge on any atom is -0.493 e. The number of carboxylic acid groups (broad SMARTS) is 1. The van der Waals surface area contributed by atoms with Crippen LogP contribution in [-0.2, 0) is 21.7 Å². The van der Waals surface area contributed by atoms with Gasteiger partial charge in [-0.3, -0.25) is 4.90 Å². The number of nitrogens with zero attached hydrogens (tertiary/aromatic N) is 1. The summed E-state index contributed by atoms with van der Waals surface area (Å²) in [6, 6.07) is 8.35. The molecule has 33 heavy (non-hydrogen) atoms. The Balaban J connectivity index is 2.41. The maximum atomic E-state index is 12.0. The maximum Gasteiger partial charge on any atom is 0.407 e. The Kier molecular flexibility index (Phi) is 9.64. The van der Waals surface area contributed by atoms with E-state index in [4.69, 9.17) is 42.1 Å². The second-order valence-corrected chi connectivity index (χ2v) is 8.05. The monoisotopic (exact) mass is 499 g/mol. The van der Waals surface area contributed by atoms with Crippen molar-refractivity contribution < 1.29 is 33.6 Å². The van der Waals surface area contributed by atoms with Gasteiger partial charge >= 0.3 is 6.09 Å². The number of ether oxygens (including phenoxy) is 4. The van der Waals surface area contributed by atoms with Crippen molar-refractivity contribution in [2.45, 2.75) is 25.0 Å². The molecule has 10 heteroatoms. The molecule has 0 heterocycles. The van der Waals surface area contributed by atoms with Gasteiger partial charge < -0.3 is 28.8 Å². The second-order valence-electron chi connectivity index (χ2n) is 7.23. The van der Waals surface area contributed by atoms with Crippen molar-refractivity contribution in [3.05, 3.63) is 51.5 Å². The third kappa shape index (κ3) is 6.01. The fourth-order valence-electron chi connectivity index (χ4n) is 3.58. The summed E-state index contributed by atoms with van der Waals surface area (Å²) >= 11 is 12.3. The molecule has 0 spiro atoms. The molecule has 8 nitrogen and oxygen atoms in total. The summed E-state index contributed by atoms with van der Waals surface area (Å²) in [5.74, 6) is 1.38. The summed E-state index contributed by atoms with van der Waals surface area (Å²) in [6.45, 7) is 0.0760. The average Bonchev–Trinajstić information content (AvgIpc) is 2.81. The number of hydrogen-bond donors (Lipinski definition) is 1. The lowest BCUT2D eigenvalue weighted by molar-refractivity contribution is -0.108. The number of benzene rings is 2. The SMILES string of the molecule is COc1cc(COC[C@](CCC=O)(c2ccc(Cl)c(Cl)c2)N(C)C(=O)O)cc(OC)c1OC. The molecule has 0 aliphatic heterocycles. The molecule has 2 aromatic carbocycles. The summed E-state index contributed by atoms with van der Waals surface area (Å²) in [5, 5.41) is 10.4. The normalized spacial score (nSPS) is 12.5. The highest BCUT2D eigenvalue weighted by atomic mass is 35.5. The van der Waals surface area contributed by atoms with Crippen molar-refractivity contribution in [1.82, 2.24) is 4.90 Å². The Labute approximate surface area is 202 Å². The molecule has 0 fully saturated rings. The molecule has 0 bridgehead atoms. The van der Waals surface area contributed by atoms with Crippen molar-refractivity contribution in [1.29, 1.82) is 0 Å². The van der Waals surface area contributed by atoms with Crippen LogP contribution in [0.15, 0.2) is 30.3 Å². The number of amides is 1. The Morgan fingerprint density at radius 2 is 1.70 bits per heavy atom. The largest absolute Gasteiger partial charge is 0.493 e. The first-order valence-corrected chi connectivity index (χ1v) is 10.7. The molecule has 2 rings (SSSR count). The van der Waals surface area contributed by atoms with Crippen LogP contribution in [0.25, 0.3) is 0 Å². The van der Waals surface area contributed by atoms with Gasteiger partial charge in [0.15, 0.2) is 11.5 Å². The van der Waals surface area contributed by atoms with E-state index >= 15 is 0 Å². The Morgan fingerprint density at radius 1 is 1.06 bits per heavy atom. The summed E-state index contributed by atoms with van der Waals surface area (Å²) in [7, 11) is 5.96. The van der Waals surface area contributed by atoms with Gasteiger partial charge in [-0.05, 0) is 41.8 Å². The Bertz CT molecular complexity index is 960. The molecule has 0 saturated carbocycles. The van der Waals surface area contributed by atoms with E-state index in [0.29, 0.717) is 27.8 Å². The van der Waals surface area contributed by atoms with Crippen LogP contribution in [0, 0.1) is 0 Å². The number of carbonyl (C=O) groups excluding carboxylic acids is 1. The average molecular weight is 500 g/mol. The summed E-state index contributed by atoms with van der Waals surface area (Å²) < 4.78 is 22.1. The van der Waals surface area contributed by atoms with Crippen LogP contribution in [-0.4, -0.2) is 57.4 Å². The third-order valence-corrected chi connectivity index (χ3v) is 6.13. The number of aldehydes is 1. The van der Waals surface area contributed by atoms with Gasteiger partial charge in [-0.1, -0.05) is 29.3 Å². The van der Waals surface area contributed by atoms with Gasteiger partial charge in [0.1, 0.15) is 6.29 Å². The van der Waals surface area contributed by atoms with Crippen LogP contribution in [0.1, 0.15) is 24.0 Å². The van der Waals surface area contributed by atoms with Gasteiger partial charge in [0.2, 0.25) is 5.75 Å². The van der Waals surface area contributed by atoms with E-state index in [1.54, 1.807) is 30.3 Å². The summed E-state index contributed by atoms with van der Waals surface area (Å²) in [4.78, 5) is 24.3. The minimum atomic E-state index is -1.18. The highest BCUT2D eigenvalue weighted by Crippen LogP contribution is 2.39. The zero-order valence-electron chi connectivity index (χ0n) is 18.9. The lowest BCUT2D eigenvalue weighted by Gasteiger charge is -2.40. The van der Waals surface area contributed by atoms with Crippen LogP contribution in [0.3, 0.4) is 0 Å². The third-order valence-electron chi connectivity index (χ3n) is 5.40. The van der Waals surface area contributed by atoms with Crippen LogP contribution in [0.2, 0.25) is 10.0 Å². The van der Waals surface area contributed by atoms with Crippen molar-refractivity contribution in [2.24, 2.45) is 0 Å². The first kappa shape index (κ1) is 26.6. The van der Waals surface area contributed by atoms with Crippen LogP contribution in [0.4, 0.5) is 4.79 Å². The van der Waals surface area contributed by atoms with E-state index in [9.17, 15) is 14.7 Å². The second kappa shape index (κ2) is 12.0. The van der Waals surface area contributed by atoms with Crippen LogP contribution >= 0.6 is 23.2 Å². The molecule has 0 radical (unpaired) electrons. The Hall–Kier alpha value is -2.68.